The second-order valence-corrected chi connectivity index (χ2v) is 5.49. The van der Waals surface area contributed by atoms with Gasteiger partial charge >= 0.3 is 0 Å². The highest BCUT2D eigenvalue weighted by atomic mass is 35.5. The molecule has 1 aliphatic rings. The third kappa shape index (κ3) is 3.62. The highest BCUT2D eigenvalue weighted by molar-refractivity contribution is 6.31. The molecule has 0 aromatic heterocycles. The fraction of sp³-hybridized carbons (Fsp3) is 0.500. The van der Waals surface area contributed by atoms with Gasteiger partial charge in [0, 0.05) is 10.7 Å². The molecule has 1 fully saturated rings. The second kappa shape index (κ2) is 6.60. The van der Waals surface area contributed by atoms with Crippen LogP contribution in [0, 0.1) is 6.92 Å². The van der Waals surface area contributed by atoms with Gasteiger partial charge in [0.15, 0.2) is 0 Å². The summed E-state index contributed by atoms with van der Waals surface area (Å²) in [4.78, 5) is 12.3. The molecule has 1 unspecified atom stereocenters. The predicted octanol–water partition coefficient (Wildman–Crippen LogP) is 3.54. The van der Waals surface area contributed by atoms with Gasteiger partial charge in [0.25, 0.3) is 0 Å². The van der Waals surface area contributed by atoms with E-state index in [0.29, 0.717) is 5.02 Å². The van der Waals surface area contributed by atoms with Crippen LogP contribution in [0.2, 0.25) is 5.02 Å². The quantitative estimate of drug-likeness (QED) is 0.877. The summed E-state index contributed by atoms with van der Waals surface area (Å²) in [5.74, 6) is 0.0209. The summed E-state index contributed by atoms with van der Waals surface area (Å²) in [6.07, 6.45) is 3.10. The Morgan fingerprint density at radius 2 is 2.16 bits per heavy atom. The first-order chi connectivity index (χ1) is 8.53. The number of rotatable bonds is 2. The Hall–Kier alpha value is -0.770. The topological polar surface area (TPSA) is 41.1 Å². The van der Waals surface area contributed by atoms with Gasteiger partial charge in [-0.2, -0.15) is 0 Å². The molecule has 0 radical (unpaired) electrons. The molecule has 19 heavy (non-hydrogen) atoms. The number of benzene rings is 1. The van der Waals surface area contributed by atoms with E-state index in [1.54, 1.807) is 0 Å². The SMILES string of the molecule is Cc1c(Cl)cccc1NC(=O)C1(C)CCCCN1.Cl. The molecule has 1 amide bonds. The molecule has 2 N–H and O–H groups in total. The van der Waals surface area contributed by atoms with Crippen molar-refractivity contribution in [2.24, 2.45) is 0 Å². The Balaban J connectivity index is 0.00000180. The lowest BCUT2D eigenvalue weighted by Crippen LogP contribution is -2.54. The molecule has 1 heterocycles. The van der Waals surface area contributed by atoms with E-state index < -0.39 is 5.54 Å². The lowest BCUT2D eigenvalue weighted by Gasteiger charge is -2.33. The van der Waals surface area contributed by atoms with Crippen molar-refractivity contribution >= 4 is 35.6 Å². The molecular weight excluding hydrogens is 283 g/mol. The van der Waals surface area contributed by atoms with E-state index in [1.165, 1.54) is 0 Å². The van der Waals surface area contributed by atoms with E-state index in [9.17, 15) is 4.79 Å². The third-order valence-corrected chi connectivity index (χ3v) is 4.05. The summed E-state index contributed by atoms with van der Waals surface area (Å²) >= 11 is 6.05. The third-order valence-electron chi connectivity index (χ3n) is 3.64. The predicted molar refractivity (Wildman–Crippen MR) is 82.3 cm³/mol. The maximum atomic E-state index is 12.3. The molecule has 1 saturated heterocycles. The molecule has 2 rings (SSSR count). The molecule has 1 aromatic rings. The van der Waals surface area contributed by atoms with E-state index in [0.717, 1.165) is 37.1 Å². The zero-order chi connectivity index (χ0) is 13.2. The minimum absolute atomic E-state index is 0. The Bertz CT molecular complexity index is 457. The van der Waals surface area contributed by atoms with Crippen molar-refractivity contribution in [3.8, 4) is 0 Å². The Kier molecular flexibility index (Phi) is 5.65. The first-order valence-corrected chi connectivity index (χ1v) is 6.72. The number of piperidine rings is 1. The lowest BCUT2D eigenvalue weighted by molar-refractivity contribution is -0.122. The summed E-state index contributed by atoms with van der Waals surface area (Å²) in [7, 11) is 0. The summed E-state index contributed by atoms with van der Waals surface area (Å²) in [6.45, 7) is 4.77. The van der Waals surface area contributed by atoms with Crippen LogP contribution >= 0.6 is 24.0 Å². The highest BCUT2D eigenvalue weighted by Gasteiger charge is 2.34. The maximum Gasteiger partial charge on any atom is 0.244 e. The average Bonchev–Trinajstić information content (AvgIpc) is 2.36. The minimum atomic E-state index is -0.465. The van der Waals surface area contributed by atoms with Crippen molar-refractivity contribution in [3.63, 3.8) is 0 Å². The van der Waals surface area contributed by atoms with Crippen LogP contribution in [0.15, 0.2) is 18.2 Å². The molecule has 0 spiro atoms. The number of halogens is 2. The second-order valence-electron chi connectivity index (χ2n) is 5.08. The van der Waals surface area contributed by atoms with E-state index in [1.807, 2.05) is 32.0 Å². The fourth-order valence-electron chi connectivity index (χ4n) is 2.25. The van der Waals surface area contributed by atoms with E-state index in [-0.39, 0.29) is 18.3 Å². The Morgan fingerprint density at radius 3 is 2.79 bits per heavy atom. The van der Waals surface area contributed by atoms with Crippen molar-refractivity contribution in [1.82, 2.24) is 5.32 Å². The summed E-state index contributed by atoms with van der Waals surface area (Å²) in [6, 6.07) is 5.56. The van der Waals surface area contributed by atoms with Gasteiger partial charge in [0.05, 0.1) is 5.54 Å². The molecule has 5 heteroatoms. The number of amides is 1. The van der Waals surface area contributed by atoms with Crippen molar-refractivity contribution in [2.45, 2.75) is 38.6 Å². The van der Waals surface area contributed by atoms with Gasteiger partial charge in [-0.3, -0.25) is 4.79 Å². The number of anilines is 1. The number of hydrogen-bond acceptors (Lipinski definition) is 2. The lowest BCUT2D eigenvalue weighted by atomic mass is 9.90. The van der Waals surface area contributed by atoms with Crippen LogP contribution in [0.3, 0.4) is 0 Å². The normalized spacial score (nSPS) is 22.5. The van der Waals surface area contributed by atoms with Crippen LogP contribution in [0.4, 0.5) is 5.69 Å². The largest absolute Gasteiger partial charge is 0.324 e. The van der Waals surface area contributed by atoms with E-state index in [2.05, 4.69) is 10.6 Å². The standard InChI is InChI=1S/C14H19ClN2O.ClH/c1-10-11(15)6-5-7-12(10)17-13(18)14(2)8-3-4-9-16-14;/h5-7,16H,3-4,8-9H2,1-2H3,(H,17,18);1H. The monoisotopic (exact) mass is 302 g/mol. The summed E-state index contributed by atoms with van der Waals surface area (Å²) < 4.78 is 0. The van der Waals surface area contributed by atoms with E-state index in [4.69, 9.17) is 11.6 Å². The minimum Gasteiger partial charge on any atom is -0.324 e. The zero-order valence-electron chi connectivity index (χ0n) is 11.3. The van der Waals surface area contributed by atoms with Crippen molar-refractivity contribution in [3.05, 3.63) is 28.8 Å². The van der Waals surface area contributed by atoms with Crippen LogP contribution in [0.5, 0.6) is 0 Å². The molecule has 0 bridgehead atoms. The molecule has 3 nitrogen and oxygen atoms in total. The number of carbonyl (C=O) groups is 1. The molecule has 106 valence electrons. The van der Waals surface area contributed by atoms with Gasteiger partial charge < -0.3 is 10.6 Å². The maximum absolute atomic E-state index is 12.3. The van der Waals surface area contributed by atoms with Gasteiger partial charge in [-0.25, -0.2) is 0 Å². The van der Waals surface area contributed by atoms with Crippen molar-refractivity contribution < 1.29 is 4.79 Å². The Labute approximate surface area is 125 Å². The summed E-state index contributed by atoms with van der Waals surface area (Å²) in [5.41, 5.74) is 1.24. The van der Waals surface area contributed by atoms with Gasteiger partial charge in [-0.1, -0.05) is 17.7 Å². The molecule has 1 atom stereocenters. The number of carbonyl (C=O) groups excluding carboxylic acids is 1. The van der Waals surface area contributed by atoms with E-state index >= 15 is 0 Å². The van der Waals surface area contributed by atoms with Gasteiger partial charge in [0.2, 0.25) is 5.91 Å². The van der Waals surface area contributed by atoms with Crippen molar-refractivity contribution in [2.75, 3.05) is 11.9 Å². The average molecular weight is 303 g/mol. The fourth-order valence-corrected chi connectivity index (χ4v) is 2.43. The van der Waals surface area contributed by atoms with Crippen LogP contribution in [-0.4, -0.2) is 18.0 Å². The summed E-state index contributed by atoms with van der Waals surface area (Å²) in [5, 5.41) is 6.96. The van der Waals surface area contributed by atoms with Crippen molar-refractivity contribution in [1.29, 1.82) is 0 Å². The molecule has 0 saturated carbocycles. The molecule has 0 aliphatic carbocycles. The number of hydrogen-bond donors (Lipinski definition) is 2. The van der Waals surface area contributed by atoms with Gasteiger partial charge in [-0.05, 0) is 57.4 Å². The molecular formula is C14H20Cl2N2O. The first kappa shape index (κ1) is 16.3. The van der Waals surface area contributed by atoms with Crippen LogP contribution in [-0.2, 0) is 4.79 Å². The first-order valence-electron chi connectivity index (χ1n) is 6.34. The molecule has 1 aromatic carbocycles. The van der Waals surface area contributed by atoms with Gasteiger partial charge in [-0.15, -0.1) is 12.4 Å². The van der Waals surface area contributed by atoms with Crippen LogP contribution < -0.4 is 10.6 Å². The smallest absolute Gasteiger partial charge is 0.244 e. The highest BCUT2D eigenvalue weighted by Crippen LogP contribution is 2.25. The Morgan fingerprint density at radius 1 is 1.42 bits per heavy atom. The van der Waals surface area contributed by atoms with Crippen LogP contribution in [0.25, 0.3) is 0 Å². The zero-order valence-corrected chi connectivity index (χ0v) is 12.8. The molecule has 1 aliphatic heterocycles. The van der Waals surface area contributed by atoms with Gasteiger partial charge in [0.1, 0.15) is 0 Å². The van der Waals surface area contributed by atoms with Crippen LogP contribution in [0.1, 0.15) is 31.7 Å². The number of nitrogens with one attached hydrogen (secondary N) is 2.